The molecule has 0 saturated carbocycles. The number of rotatable bonds is 10. The van der Waals surface area contributed by atoms with Crippen molar-refractivity contribution in [3.63, 3.8) is 0 Å². The number of aryl methyl sites for hydroxylation is 1. The highest BCUT2D eigenvalue weighted by molar-refractivity contribution is 5.35. The van der Waals surface area contributed by atoms with Crippen LogP contribution in [0.2, 0.25) is 0 Å². The average molecular weight is 411 g/mol. The minimum absolute atomic E-state index is 0.391. The molecule has 0 saturated heterocycles. The average Bonchev–Trinajstić information content (AvgIpc) is 2.75. The highest BCUT2D eigenvalue weighted by Crippen LogP contribution is 2.37. The van der Waals surface area contributed by atoms with E-state index in [1.807, 2.05) is 61.5 Å². The van der Waals surface area contributed by atoms with Gasteiger partial charge in [-0.1, -0.05) is 49.4 Å². The molecular formula is C26H28F2O2. The predicted octanol–water partition coefficient (Wildman–Crippen LogP) is 7.42. The molecule has 0 amide bonds. The molecule has 3 aromatic carbocycles. The molecule has 1 unspecified atom stereocenters. The van der Waals surface area contributed by atoms with E-state index in [-0.39, 0.29) is 0 Å². The SMILES string of the molecule is CCOc1ccc(C(C)(CCCc2cccc(Oc3ccccc3)c2)C(F)F)cc1. The van der Waals surface area contributed by atoms with Crippen LogP contribution in [0.25, 0.3) is 0 Å². The Morgan fingerprint density at radius 1 is 0.833 bits per heavy atom. The maximum absolute atomic E-state index is 14.0. The van der Waals surface area contributed by atoms with Crippen molar-refractivity contribution in [3.05, 3.63) is 90.0 Å². The smallest absolute Gasteiger partial charge is 0.247 e. The van der Waals surface area contributed by atoms with Crippen molar-refractivity contribution in [1.29, 1.82) is 0 Å². The Labute approximate surface area is 177 Å². The maximum atomic E-state index is 14.0. The zero-order chi connectivity index (χ0) is 21.4. The van der Waals surface area contributed by atoms with Crippen molar-refractivity contribution in [1.82, 2.24) is 0 Å². The quantitative estimate of drug-likeness (QED) is 0.346. The fourth-order valence-electron chi connectivity index (χ4n) is 3.53. The van der Waals surface area contributed by atoms with E-state index in [1.165, 1.54) is 0 Å². The van der Waals surface area contributed by atoms with Gasteiger partial charge >= 0.3 is 0 Å². The van der Waals surface area contributed by atoms with Crippen LogP contribution in [0.3, 0.4) is 0 Å². The van der Waals surface area contributed by atoms with Crippen molar-refractivity contribution in [3.8, 4) is 17.2 Å². The molecule has 158 valence electrons. The van der Waals surface area contributed by atoms with E-state index in [0.29, 0.717) is 37.2 Å². The number of benzene rings is 3. The van der Waals surface area contributed by atoms with E-state index >= 15 is 0 Å². The van der Waals surface area contributed by atoms with Gasteiger partial charge in [0.2, 0.25) is 6.43 Å². The van der Waals surface area contributed by atoms with E-state index in [4.69, 9.17) is 9.47 Å². The van der Waals surface area contributed by atoms with Gasteiger partial charge in [-0.3, -0.25) is 0 Å². The summed E-state index contributed by atoms with van der Waals surface area (Å²) < 4.78 is 39.3. The van der Waals surface area contributed by atoms with Gasteiger partial charge in [-0.15, -0.1) is 0 Å². The predicted molar refractivity (Wildman–Crippen MR) is 117 cm³/mol. The lowest BCUT2D eigenvalue weighted by molar-refractivity contribution is 0.0526. The van der Waals surface area contributed by atoms with Gasteiger partial charge in [-0.2, -0.15) is 0 Å². The fraction of sp³-hybridized carbons (Fsp3) is 0.308. The molecule has 1 atom stereocenters. The first-order valence-electron chi connectivity index (χ1n) is 10.3. The first kappa shape index (κ1) is 21.8. The Morgan fingerprint density at radius 3 is 2.20 bits per heavy atom. The van der Waals surface area contributed by atoms with Crippen molar-refractivity contribution in [2.45, 2.75) is 45.0 Å². The molecule has 3 aromatic rings. The van der Waals surface area contributed by atoms with Crippen LogP contribution >= 0.6 is 0 Å². The molecular weight excluding hydrogens is 382 g/mol. The summed E-state index contributed by atoms with van der Waals surface area (Å²) in [5.74, 6) is 2.23. The third kappa shape index (κ3) is 5.59. The number of hydrogen-bond acceptors (Lipinski definition) is 2. The van der Waals surface area contributed by atoms with Crippen LogP contribution in [0.5, 0.6) is 17.2 Å². The summed E-state index contributed by atoms with van der Waals surface area (Å²) in [5.41, 5.74) is 0.525. The molecule has 30 heavy (non-hydrogen) atoms. The van der Waals surface area contributed by atoms with Gasteiger partial charge in [-0.25, -0.2) is 8.78 Å². The minimum Gasteiger partial charge on any atom is -0.494 e. The molecule has 0 aliphatic carbocycles. The number of alkyl halides is 2. The van der Waals surface area contributed by atoms with Gasteiger partial charge in [0.05, 0.1) is 12.0 Å². The minimum atomic E-state index is -2.44. The van der Waals surface area contributed by atoms with Gasteiger partial charge in [0, 0.05) is 0 Å². The molecule has 2 nitrogen and oxygen atoms in total. The van der Waals surface area contributed by atoms with Gasteiger partial charge in [-0.05, 0) is 73.7 Å². The lowest BCUT2D eigenvalue weighted by atomic mass is 9.78. The largest absolute Gasteiger partial charge is 0.494 e. The molecule has 3 rings (SSSR count). The molecule has 0 aromatic heterocycles. The zero-order valence-electron chi connectivity index (χ0n) is 17.5. The Kier molecular flexibility index (Phi) is 7.45. The van der Waals surface area contributed by atoms with Gasteiger partial charge in [0.1, 0.15) is 17.2 Å². The first-order valence-corrected chi connectivity index (χ1v) is 10.3. The van der Waals surface area contributed by atoms with Crippen LogP contribution in [0.4, 0.5) is 8.78 Å². The zero-order valence-corrected chi connectivity index (χ0v) is 17.5. The van der Waals surface area contributed by atoms with Crippen LogP contribution in [0.15, 0.2) is 78.9 Å². The van der Waals surface area contributed by atoms with E-state index in [0.717, 1.165) is 17.1 Å². The van der Waals surface area contributed by atoms with E-state index < -0.39 is 11.8 Å². The normalized spacial score (nSPS) is 13.1. The van der Waals surface area contributed by atoms with Crippen LogP contribution in [-0.4, -0.2) is 13.0 Å². The Hall–Kier alpha value is -2.88. The summed E-state index contributed by atoms with van der Waals surface area (Å²) in [6, 6.07) is 24.5. The van der Waals surface area contributed by atoms with Crippen molar-refractivity contribution >= 4 is 0 Å². The van der Waals surface area contributed by atoms with Crippen molar-refractivity contribution in [2.24, 2.45) is 0 Å². The molecule has 0 aliphatic rings. The summed E-state index contributed by atoms with van der Waals surface area (Å²) >= 11 is 0. The second-order valence-corrected chi connectivity index (χ2v) is 7.59. The Morgan fingerprint density at radius 2 is 1.53 bits per heavy atom. The van der Waals surface area contributed by atoms with E-state index in [1.54, 1.807) is 31.2 Å². The lowest BCUT2D eigenvalue weighted by Gasteiger charge is -2.29. The summed E-state index contributed by atoms with van der Waals surface area (Å²) in [5, 5.41) is 0. The summed E-state index contributed by atoms with van der Waals surface area (Å²) in [6.07, 6.45) is -0.681. The summed E-state index contributed by atoms with van der Waals surface area (Å²) in [4.78, 5) is 0. The topological polar surface area (TPSA) is 18.5 Å². The Balaban J connectivity index is 1.63. The maximum Gasteiger partial charge on any atom is 0.247 e. The number of ether oxygens (including phenoxy) is 2. The van der Waals surface area contributed by atoms with Crippen molar-refractivity contribution in [2.75, 3.05) is 6.61 Å². The summed E-state index contributed by atoms with van der Waals surface area (Å²) in [6.45, 7) is 4.10. The molecule has 0 spiro atoms. The highest BCUT2D eigenvalue weighted by atomic mass is 19.3. The van der Waals surface area contributed by atoms with Gasteiger partial charge < -0.3 is 9.47 Å². The van der Waals surface area contributed by atoms with Gasteiger partial charge in [0.15, 0.2) is 0 Å². The van der Waals surface area contributed by atoms with Crippen molar-refractivity contribution < 1.29 is 18.3 Å². The molecule has 0 fully saturated rings. The lowest BCUT2D eigenvalue weighted by Crippen LogP contribution is -2.31. The number of hydrogen-bond donors (Lipinski definition) is 0. The highest BCUT2D eigenvalue weighted by Gasteiger charge is 2.36. The van der Waals surface area contributed by atoms with E-state index in [2.05, 4.69) is 0 Å². The molecule has 0 heterocycles. The van der Waals surface area contributed by atoms with Crippen LogP contribution < -0.4 is 9.47 Å². The second kappa shape index (κ2) is 10.2. The molecule has 0 bridgehead atoms. The fourth-order valence-corrected chi connectivity index (χ4v) is 3.53. The third-order valence-electron chi connectivity index (χ3n) is 5.35. The molecule has 4 heteroatoms. The van der Waals surface area contributed by atoms with Crippen LogP contribution in [0.1, 0.15) is 37.8 Å². The van der Waals surface area contributed by atoms with Gasteiger partial charge in [0.25, 0.3) is 0 Å². The molecule has 0 N–H and O–H groups in total. The second-order valence-electron chi connectivity index (χ2n) is 7.59. The standard InChI is InChI=1S/C26H28F2O2/c1-3-29-22-16-14-21(15-17-22)26(2,25(27)28)18-8-10-20-9-7-13-24(19-20)30-23-11-5-4-6-12-23/h4-7,9,11-17,19,25H,3,8,10,18H2,1-2H3. The number of halogens is 2. The molecule has 0 aliphatic heterocycles. The van der Waals surface area contributed by atoms with Crippen LogP contribution in [-0.2, 0) is 11.8 Å². The third-order valence-corrected chi connectivity index (χ3v) is 5.35. The molecule has 0 radical (unpaired) electrons. The van der Waals surface area contributed by atoms with Crippen LogP contribution in [0, 0.1) is 0 Å². The first-order chi connectivity index (χ1) is 14.5. The Bertz CT molecular complexity index is 910. The van der Waals surface area contributed by atoms with E-state index in [9.17, 15) is 8.78 Å². The summed E-state index contributed by atoms with van der Waals surface area (Å²) in [7, 11) is 0. The number of para-hydroxylation sites is 1. The monoisotopic (exact) mass is 410 g/mol.